The highest BCUT2D eigenvalue weighted by Gasteiger charge is 2.46. The molecule has 2 aliphatic rings. The summed E-state index contributed by atoms with van der Waals surface area (Å²) in [5.74, 6) is -0.416. The molecule has 2 aromatic carbocycles. The largest absolute Gasteiger partial charge is 0.416 e. The van der Waals surface area contributed by atoms with Gasteiger partial charge < -0.3 is 20.2 Å². The SMILES string of the molecule is Cc1cc(F)ccc1[C@H]1C[C@]2(CC[C@H](CO)N2)CCN1C(=O)N(C)CCc1cc(C(F)(F)F)cc(C(F)(F)F)c1. The molecule has 2 amide bonds. The van der Waals surface area contributed by atoms with E-state index >= 15 is 0 Å². The predicted octanol–water partition coefficient (Wildman–Crippen LogP) is 6.09. The number of aliphatic hydroxyl groups excluding tert-OH is 1. The van der Waals surface area contributed by atoms with Crippen molar-refractivity contribution in [3.05, 3.63) is 70.0 Å². The normalized spacial score (nSPS) is 23.6. The topological polar surface area (TPSA) is 55.8 Å². The molecule has 1 spiro atoms. The van der Waals surface area contributed by atoms with Gasteiger partial charge in [-0.3, -0.25) is 0 Å². The number of likely N-dealkylation sites (N-methyl/N-ethyl adjacent to an activating group) is 1. The van der Waals surface area contributed by atoms with E-state index < -0.39 is 41.4 Å². The van der Waals surface area contributed by atoms with Gasteiger partial charge >= 0.3 is 18.4 Å². The Bertz CT molecular complexity index is 1200. The molecule has 5 nitrogen and oxygen atoms in total. The van der Waals surface area contributed by atoms with Gasteiger partial charge in [-0.1, -0.05) is 6.07 Å². The lowest BCUT2D eigenvalue weighted by Gasteiger charge is -2.47. The van der Waals surface area contributed by atoms with E-state index in [1.807, 2.05) is 0 Å². The first kappa shape index (κ1) is 30.1. The minimum atomic E-state index is -4.95. The predicted molar refractivity (Wildman–Crippen MR) is 134 cm³/mol. The molecule has 40 heavy (non-hydrogen) atoms. The summed E-state index contributed by atoms with van der Waals surface area (Å²) in [6.07, 6.45) is -7.44. The van der Waals surface area contributed by atoms with Crippen LogP contribution in [0.2, 0.25) is 0 Å². The minimum absolute atomic E-state index is 0.0149. The second kappa shape index (κ2) is 11.2. The van der Waals surface area contributed by atoms with Gasteiger partial charge in [-0.15, -0.1) is 0 Å². The van der Waals surface area contributed by atoms with Gasteiger partial charge in [0.05, 0.1) is 23.8 Å². The highest BCUT2D eigenvalue weighted by Crippen LogP contribution is 2.43. The Labute approximate surface area is 227 Å². The van der Waals surface area contributed by atoms with E-state index in [9.17, 15) is 40.6 Å². The fraction of sp³-hybridized carbons (Fsp3) is 0.536. The molecule has 4 rings (SSSR count). The summed E-state index contributed by atoms with van der Waals surface area (Å²) in [5.41, 5.74) is -1.89. The molecule has 2 aliphatic heterocycles. The number of amides is 2. The summed E-state index contributed by atoms with van der Waals surface area (Å²) in [6, 6.07) is 4.83. The number of alkyl halides is 6. The van der Waals surface area contributed by atoms with E-state index in [2.05, 4.69) is 5.32 Å². The van der Waals surface area contributed by atoms with Gasteiger partial charge in [0, 0.05) is 31.7 Å². The molecular weight excluding hydrogens is 543 g/mol. The molecule has 0 radical (unpaired) electrons. The number of rotatable bonds is 5. The standard InChI is InChI=1S/C28H32F7N3O2/c1-17-11-21(29)3-4-23(17)24-15-26(7-5-22(16-39)36-26)8-10-38(24)25(40)37(2)9-6-18-12-19(27(30,31)32)14-20(13-18)28(33,34)35/h3-4,11-14,22,24,36,39H,5-10,15-16H2,1-2H3/t22-,24-,26+/m1/s1. The highest BCUT2D eigenvalue weighted by atomic mass is 19.4. The lowest BCUT2D eigenvalue weighted by molar-refractivity contribution is -0.143. The Morgan fingerprint density at radius 1 is 1.07 bits per heavy atom. The smallest absolute Gasteiger partial charge is 0.395 e. The molecular formula is C28H32F7N3O2. The number of aryl methyl sites for hydroxylation is 1. The number of nitrogens with one attached hydrogen (secondary N) is 1. The Hall–Kier alpha value is -2.86. The summed E-state index contributed by atoms with van der Waals surface area (Å²) in [5, 5.41) is 13.1. The van der Waals surface area contributed by atoms with E-state index in [0.717, 1.165) is 18.4 Å². The van der Waals surface area contributed by atoms with Crippen LogP contribution in [-0.4, -0.2) is 59.3 Å². The second-order valence-corrected chi connectivity index (χ2v) is 10.9. The van der Waals surface area contributed by atoms with Crippen LogP contribution < -0.4 is 5.32 Å². The molecule has 3 atom stereocenters. The summed E-state index contributed by atoms with van der Waals surface area (Å²) in [6.45, 7) is 1.95. The summed E-state index contributed by atoms with van der Waals surface area (Å²) < 4.78 is 93.4. The Kier molecular flexibility index (Phi) is 8.43. The third-order valence-corrected chi connectivity index (χ3v) is 8.04. The molecule has 2 N–H and O–H groups in total. The number of carbonyl (C=O) groups excluding carboxylic acids is 1. The molecule has 0 bridgehead atoms. The first-order valence-electron chi connectivity index (χ1n) is 13.1. The fourth-order valence-corrected chi connectivity index (χ4v) is 5.89. The molecule has 2 fully saturated rings. The second-order valence-electron chi connectivity index (χ2n) is 10.9. The summed E-state index contributed by atoms with van der Waals surface area (Å²) in [4.78, 5) is 16.5. The van der Waals surface area contributed by atoms with Gasteiger partial charge in [0.1, 0.15) is 5.82 Å². The van der Waals surface area contributed by atoms with Crippen LogP contribution >= 0.6 is 0 Å². The average molecular weight is 576 g/mol. The number of aliphatic hydroxyl groups is 1. The zero-order valence-corrected chi connectivity index (χ0v) is 22.2. The van der Waals surface area contributed by atoms with E-state index in [4.69, 9.17) is 0 Å². The molecule has 2 heterocycles. The Balaban J connectivity index is 1.55. The third-order valence-electron chi connectivity index (χ3n) is 8.04. The summed E-state index contributed by atoms with van der Waals surface area (Å²) >= 11 is 0. The number of urea groups is 1. The van der Waals surface area contributed by atoms with Crippen LogP contribution in [0.5, 0.6) is 0 Å². The minimum Gasteiger partial charge on any atom is -0.395 e. The van der Waals surface area contributed by atoms with Gasteiger partial charge in [-0.25, -0.2) is 9.18 Å². The van der Waals surface area contributed by atoms with Crippen LogP contribution in [0, 0.1) is 12.7 Å². The Morgan fingerprint density at radius 3 is 2.27 bits per heavy atom. The first-order valence-corrected chi connectivity index (χ1v) is 13.1. The molecule has 0 aliphatic carbocycles. The first-order chi connectivity index (χ1) is 18.6. The maximum absolute atomic E-state index is 13.9. The van der Waals surface area contributed by atoms with Gasteiger partial charge in [0.15, 0.2) is 0 Å². The van der Waals surface area contributed by atoms with E-state index in [0.29, 0.717) is 37.1 Å². The lowest BCUT2D eigenvalue weighted by atomic mass is 9.79. The van der Waals surface area contributed by atoms with Crippen molar-refractivity contribution in [3.63, 3.8) is 0 Å². The van der Waals surface area contributed by atoms with Crippen molar-refractivity contribution in [1.82, 2.24) is 15.1 Å². The number of benzene rings is 2. The molecule has 0 unspecified atom stereocenters. The average Bonchev–Trinajstić information content (AvgIpc) is 3.28. The van der Waals surface area contributed by atoms with Crippen molar-refractivity contribution in [2.75, 3.05) is 26.7 Å². The van der Waals surface area contributed by atoms with Crippen LogP contribution in [0.4, 0.5) is 35.5 Å². The third kappa shape index (κ3) is 6.54. The number of hydrogen-bond acceptors (Lipinski definition) is 3. The number of carbonyl (C=O) groups is 1. The number of piperidine rings is 1. The van der Waals surface area contributed by atoms with Gasteiger partial charge in [-0.05, 0) is 86.1 Å². The zero-order valence-electron chi connectivity index (χ0n) is 22.2. The number of nitrogens with zero attached hydrogens (tertiary/aromatic N) is 2. The van der Waals surface area contributed by atoms with Crippen molar-refractivity contribution in [2.45, 2.75) is 69.0 Å². The van der Waals surface area contributed by atoms with Gasteiger partial charge in [-0.2, -0.15) is 26.3 Å². The van der Waals surface area contributed by atoms with E-state index in [-0.39, 0.29) is 42.8 Å². The van der Waals surface area contributed by atoms with Crippen molar-refractivity contribution in [3.8, 4) is 0 Å². The van der Waals surface area contributed by atoms with Gasteiger partial charge in [0.2, 0.25) is 0 Å². The zero-order chi connectivity index (χ0) is 29.5. The number of hydrogen-bond donors (Lipinski definition) is 2. The van der Waals surface area contributed by atoms with E-state index in [1.165, 1.54) is 24.1 Å². The molecule has 12 heteroatoms. The van der Waals surface area contributed by atoms with E-state index in [1.54, 1.807) is 17.9 Å². The fourth-order valence-electron chi connectivity index (χ4n) is 5.89. The molecule has 2 aromatic rings. The summed E-state index contributed by atoms with van der Waals surface area (Å²) in [7, 11) is 1.45. The van der Waals surface area contributed by atoms with Crippen molar-refractivity contribution >= 4 is 6.03 Å². The lowest BCUT2D eigenvalue weighted by Crippen LogP contribution is -2.56. The van der Waals surface area contributed by atoms with Crippen LogP contribution in [0.1, 0.15) is 59.5 Å². The van der Waals surface area contributed by atoms with Crippen LogP contribution in [0.25, 0.3) is 0 Å². The maximum atomic E-state index is 13.9. The van der Waals surface area contributed by atoms with Crippen molar-refractivity contribution in [2.24, 2.45) is 0 Å². The van der Waals surface area contributed by atoms with Crippen molar-refractivity contribution < 1.29 is 40.6 Å². The number of halogens is 7. The Morgan fingerprint density at radius 2 is 1.73 bits per heavy atom. The monoisotopic (exact) mass is 575 g/mol. The van der Waals surface area contributed by atoms with Crippen LogP contribution in [0.15, 0.2) is 36.4 Å². The maximum Gasteiger partial charge on any atom is 0.416 e. The highest BCUT2D eigenvalue weighted by molar-refractivity contribution is 5.75. The quantitative estimate of drug-likeness (QED) is 0.425. The van der Waals surface area contributed by atoms with Gasteiger partial charge in [0.25, 0.3) is 0 Å². The molecule has 0 aromatic heterocycles. The number of likely N-dealkylation sites (tertiary alicyclic amines) is 1. The molecule has 0 saturated carbocycles. The van der Waals surface area contributed by atoms with Crippen molar-refractivity contribution in [1.29, 1.82) is 0 Å². The molecule has 220 valence electrons. The molecule has 2 saturated heterocycles. The van der Waals surface area contributed by atoms with Crippen LogP contribution in [0.3, 0.4) is 0 Å². The van der Waals surface area contributed by atoms with Crippen LogP contribution in [-0.2, 0) is 18.8 Å².